The Morgan fingerprint density at radius 3 is 2.17 bits per heavy atom. The van der Waals surface area contributed by atoms with Crippen molar-refractivity contribution in [2.75, 3.05) is 0 Å². The second kappa shape index (κ2) is 10.3. The molecule has 0 saturated heterocycles. The normalized spacial score (nSPS) is 13.4. The van der Waals surface area contributed by atoms with Crippen molar-refractivity contribution in [3.63, 3.8) is 0 Å². The second-order valence-electron chi connectivity index (χ2n) is 8.24. The molecule has 1 unspecified atom stereocenters. The van der Waals surface area contributed by atoms with Crippen molar-refractivity contribution < 1.29 is 26.3 Å². The number of rotatable bonds is 7. The first kappa shape index (κ1) is 25.7. The van der Waals surface area contributed by atoms with E-state index in [1.165, 1.54) is 18.3 Å². The highest BCUT2D eigenvalue weighted by molar-refractivity contribution is 6.30. The van der Waals surface area contributed by atoms with Crippen molar-refractivity contribution in [2.24, 2.45) is 0 Å². The van der Waals surface area contributed by atoms with Crippen LogP contribution in [-0.2, 0) is 24.7 Å². The molecule has 0 spiro atoms. The van der Waals surface area contributed by atoms with Gasteiger partial charge in [-0.3, -0.25) is 10.3 Å². The van der Waals surface area contributed by atoms with Crippen molar-refractivity contribution in [3.8, 4) is 0 Å². The molecule has 0 amide bonds. The van der Waals surface area contributed by atoms with Gasteiger partial charge in [0.05, 0.1) is 21.8 Å². The fourth-order valence-corrected chi connectivity index (χ4v) is 4.16. The van der Waals surface area contributed by atoms with Gasteiger partial charge in [-0.05, 0) is 59.7 Å². The van der Waals surface area contributed by atoms with Crippen molar-refractivity contribution in [1.29, 1.82) is 0 Å². The van der Waals surface area contributed by atoms with E-state index in [0.29, 0.717) is 11.6 Å². The first-order valence-electron chi connectivity index (χ1n) is 10.8. The lowest BCUT2D eigenvalue weighted by Crippen LogP contribution is -2.46. The molecule has 36 heavy (non-hydrogen) atoms. The zero-order chi connectivity index (χ0) is 25.9. The van der Waals surface area contributed by atoms with Crippen molar-refractivity contribution in [3.05, 3.63) is 135 Å². The zero-order valence-electron chi connectivity index (χ0n) is 18.6. The first-order valence-corrected chi connectivity index (χ1v) is 11.2. The first-order chi connectivity index (χ1) is 17.1. The van der Waals surface area contributed by atoms with Crippen LogP contribution in [0.1, 0.15) is 27.9 Å². The molecule has 2 nitrogen and oxygen atoms in total. The number of halogens is 7. The maximum atomic E-state index is 14.6. The average Bonchev–Trinajstić information content (AvgIpc) is 2.84. The van der Waals surface area contributed by atoms with Crippen LogP contribution in [0.15, 0.2) is 85.1 Å². The Labute approximate surface area is 208 Å². The summed E-state index contributed by atoms with van der Waals surface area (Å²) in [4.78, 5) is 4.33. The molecule has 0 radical (unpaired) electrons. The molecule has 1 N–H and O–H groups in total. The monoisotopic (exact) mass is 520 g/mol. The minimum atomic E-state index is -4.82. The zero-order valence-corrected chi connectivity index (χ0v) is 19.3. The third-order valence-corrected chi connectivity index (χ3v) is 6.01. The fraction of sp³-hybridized carbons (Fsp3) is 0.148. The summed E-state index contributed by atoms with van der Waals surface area (Å²) in [6, 6.07) is 16.9. The van der Waals surface area contributed by atoms with Gasteiger partial charge in [-0.2, -0.15) is 13.2 Å². The van der Waals surface area contributed by atoms with Crippen LogP contribution in [0.3, 0.4) is 0 Å². The molecule has 3 aromatic carbocycles. The van der Waals surface area contributed by atoms with Crippen LogP contribution < -0.4 is 5.32 Å². The van der Waals surface area contributed by atoms with E-state index < -0.39 is 34.7 Å². The van der Waals surface area contributed by atoms with E-state index in [1.54, 1.807) is 30.3 Å². The predicted octanol–water partition coefficient (Wildman–Crippen LogP) is 7.45. The van der Waals surface area contributed by atoms with E-state index in [0.717, 1.165) is 30.3 Å². The number of pyridine rings is 1. The molecule has 0 saturated carbocycles. The number of hydrogen-bond acceptors (Lipinski definition) is 2. The van der Waals surface area contributed by atoms with Crippen molar-refractivity contribution in [1.82, 2.24) is 10.3 Å². The van der Waals surface area contributed by atoms with E-state index in [4.69, 9.17) is 11.6 Å². The lowest BCUT2D eigenvalue weighted by molar-refractivity contribution is -0.137. The summed E-state index contributed by atoms with van der Waals surface area (Å²) in [5, 5.41) is 3.35. The molecule has 0 fully saturated rings. The second-order valence-corrected chi connectivity index (χ2v) is 8.68. The smallest absolute Gasteiger partial charge is 0.298 e. The molecule has 1 atom stereocenters. The third-order valence-electron chi connectivity index (χ3n) is 5.78. The van der Waals surface area contributed by atoms with Gasteiger partial charge in [0.1, 0.15) is 17.5 Å². The fourth-order valence-electron chi connectivity index (χ4n) is 4.05. The molecule has 1 aromatic heterocycles. The van der Waals surface area contributed by atoms with Gasteiger partial charge in [-0.1, -0.05) is 41.9 Å². The molecule has 186 valence electrons. The van der Waals surface area contributed by atoms with Crippen LogP contribution in [0.25, 0.3) is 0 Å². The molecule has 4 rings (SSSR count). The molecule has 0 aliphatic heterocycles. The average molecular weight is 521 g/mol. The maximum Gasteiger partial charge on any atom is 0.416 e. The quantitative estimate of drug-likeness (QED) is 0.256. The summed E-state index contributed by atoms with van der Waals surface area (Å²) >= 11 is 6.01. The maximum absolute atomic E-state index is 14.6. The lowest BCUT2D eigenvalue weighted by atomic mass is 9.79. The van der Waals surface area contributed by atoms with Crippen LogP contribution in [0.4, 0.5) is 26.3 Å². The Kier molecular flexibility index (Phi) is 7.38. The van der Waals surface area contributed by atoms with Crippen LogP contribution in [0.2, 0.25) is 5.02 Å². The Bertz CT molecular complexity index is 1340. The van der Waals surface area contributed by atoms with E-state index in [-0.39, 0.29) is 34.8 Å². The molecular weight excluding hydrogens is 502 g/mol. The number of aromatic nitrogens is 1. The SMILES string of the molecule is Fc1cc(C(F)(F)F)cc(C(Cc2ccccc2)(NCc2cc(F)ccc2F)c2ccc(Cl)cn2)c1. The summed E-state index contributed by atoms with van der Waals surface area (Å²) in [6.45, 7) is -0.293. The summed E-state index contributed by atoms with van der Waals surface area (Å²) in [7, 11) is 0. The third kappa shape index (κ3) is 5.71. The molecule has 0 aliphatic carbocycles. The Morgan fingerprint density at radius 2 is 1.50 bits per heavy atom. The molecule has 4 aromatic rings. The Morgan fingerprint density at radius 1 is 0.778 bits per heavy atom. The van der Waals surface area contributed by atoms with E-state index in [9.17, 15) is 26.3 Å². The number of hydrogen-bond donors (Lipinski definition) is 1. The number of nitrogens with zero attached hydrogens (tertiary/aromatic N) is 1. The number of benzene rings is 3. The standard InChI is InChI=1S/C27H19ClF6N2/c28-21-6-9-25(35-16-21)26(14-17-4-2-1-3-5-17,36-15-18-10-22(29)7-8-24(18)31)19-11-20(27(32,33)34)13-23(30)12-19/h1-13,16,36H,14-15H2. The summed E-state index contributed by atoms with van der Waals surface area (Å²) in [5.74, 6) is -2.50. The van der Waals surface area contributed by atoms with Crippen LogP contribution in [-0.4, -0.2) is 4.98 Å². The minimum Gasteiger partial charge on any atom is -0.298 e. The minimum absolute atomic E-state index is 0.0140. The van der Waals surface area contributed by atoms with Gasteiger partial charge in [0, 0.05) is 24.7 Å². The molecular formula is C27H19ClF6N2. The van der Waals surface area contributed by atoms with Gasteiger partial charge >= 0.3 is 6.18 Å². The Hall–Kier alpha value is -3.36. The predicted molar refractivity (Wildman–Crippen MR) is 125 cm³/mol. The topological polar surface area (TPSA) is 24.9 Å². The highest BCUT2D eigenvalue weighted by atomic mass is 35.5. The number of nitrogens with one attached hydrogen (secondary N) is 1. The summed E-state index contributed by atoms with van der Waals surface area (Å²) in [5.41, 5.74) is -2.03. The molecule has 0 aliphatic rings. The lowest BCUT2D eigenvalue weighted by Gasteiger charge is -2.36. The van der Waals surface area contributed by atoms with Gasteiger partial charge in [-0.15, -0.1) is 0 Å². The van der Waals surface area contributed by atoms with E-state index >= 15 is 0 Å². The van der Waals surface area contributed by atoms with Crippen molar-refractivity contribution >= 4 is 11.6 Å². The van der Waals surface area contributed by atoms with Gasteiger partial charge in [0.2, 0.25) is 0 Å². The highest BCUT2D eigenvalue weighted by Gasteiger charge is 2.39. The molecule has 0 bridgehead atoms. The number of alkyl halides is 3. The summed E-state index contributed by atoms with van der Waals surface area (Å²) in [6.07, 6.45) is -3.50. The van der Waals surface area contributed by atoms with E-state index in [2.05, 4.69) is 10.3 Å². The van der Waals surface area contributed by atoms with Crippen LogP contribution in [0, 0.1) is 17.5 Å². The van der Waals surface area contributed by atoms with E-state index in [1.807, 2.05) is 0 Å². The Balaban J connectivity index is 1.94. The van der Waals surface area contributed by atoms with Crippen molar-refractivity contribution in [2.45, 2.75) is 24.7 Å². The van der Waals surface area contributed by atoms with Crippen LogP contribution in [0.5, 0.6) is 0 Å². The van der Waals surface area contributed by atoms with Crippen LogP contribution >= 0.6 is 11.6 Å². The largest absolute Gasteiger partial charge is 0.416 e. The summed E-state index contributed by atoms with van der Waals surface area (Å²) < 4.78 is 83.9. The van der Waals surface area contributed by atoms with Gasteiger partial charge < -0.3 is 0 Å². The van der Waals surface area contributed by atoms with Gasteiger partial charge in [0.15, 0.2) is 0 Å². The molecule has 1 heterocycles. The molecule has 9 heteroatoms. The van der Waals surface area contributed by atoms with Gasteiger partial charge in [0.25, 0.3) is 0 Å². The van der Waals surface area contributed by atoms with Gasteiger partial charge in [-0.25, -0.2) is 13.2 Å². The highest BCUT2D eigenvalue weighted by Crippen LogP contribution is 2.38.